The number of aryl methyl sites for hydroxylation is 1. The Morgan fingerprint density at radius 2 is 1.89 bits per heavy atom. The highest BCUT2D eigenvalue weighted by Gasteiger charge is 2.26. The first kappa shape index (κ1) is 11.8. The van der Waals surface area contributed by atoms with Gasteiger partial charge in [0, 0.05) is 44.1 Å². The van der Waals surface area contributed by atoms with Crippen LogP contribution in [0.1, 0.15) is 18.4 Å². The van der Waals surface area contributed by atoms with Gasteiger partial charge in [-0.2, -0.15) is 0 Å². The van der Waals surface area contributed by atoms with Crippen LogP contribution in [0.25, 0.3) is 0 Å². The Hall–Kier alpha value is -1.22. The predicted octanol–water partition coefficient (Wildman–Crippen LogP) is 2.11. The zero-order chi connectivity index (χ0) is 12.5. The van der Waals surface area contributed by atoms with Crippen molar-refractivity contribution in [3.05, 3.63) is 23.8 Å². The van der Waals surface area contributed by atoms with E-state index in [9.17, 15) is 0 Å². The van der Waals surface area contributed by atoms with E-state index in [1.807, 2.05) is 6.07 Å². The number of nitrogen functional groups attached to an aromatic ring is 1. The van der Waals surface area contributed by atoms with E-state index in [1.54, 1.807) is 0 Å². The summed E-state index contributed by atoms with van der Waals surface area (Å²) in [5, 5.41) is 0. The molecule has 0 aromatic heterocycles. The second-order valence-corrected chi connectivity index (χ2v) is 5.77. The van der Waals surface area contributed by atoms with Crippen LogP contribution in [0.2, 0.25) is 0 Å². The molecule has 2 fully saturated rings. The highest BCUT2D eigenvalue weighted by atomic mass is 15.3. The fourth-order valence-electron chi connectivity index (χ4n) is 2.71. The van der Waals surface area contributed by atoms with Gasteiger partial charge in [0.1, 0.15) is 0 Å². The number of nitrogens with two attached hydrogens (primary N) is 1. The Balaban J connectivity index is 1.59. The molecule has 1 heterocycles. The molecule has 0 spiro atoms. The van der Waals surface area contributed by atoms with E-state index in [4.69, 9.17) is 5.73 Å². The standard InChI is InChI=1S/C15H23N3/c1-12-10-14(4-5-15(12)16)18-8-6-17(7-9-18)11-13-2-3-13/h4-5,10,13H,2-3,6-9,11,16H2,1H3. The molecule has 2 N–H and O–H groups in total. The molecule has 1 aliphatic carbocycles. The number of piperazine rings is 1. The van der Waals surface area contributed by atoms with E-state index in [-0.39, 0.29) is 0 Å². The lowest BCUT2D eigenvalue weighted by molar-refractivity contribution is 0.248. The molecule has 1 saturated heterocycles. The van der Waals surface area contributed by atoms with Crippen LogP contribution in [0.3, 0.4) is 0 Å². The molecule has 1 saturated carbocycles. The van der Waals surface area contributed by atoms with Gasteiger partial charge in [-0.1, -0.05) is 0 Å². The first-order chi connectivity index (χ1) is 8.72. The minimum atomic E-state index is 0.895. The van der Waals surface area contributed by atoms with Gasteiger partial charge >= 0.3 is 0 Å². The van der Waals surface area contributed by atoms with Crippen molar-refractivity contribution in [3.63, 3.8) is 0 Å². The van der Waals surface area contributed by atoms with E-state index in [0.29, 0.717) is 0 Å². The topological polar surface area (TPSA) is 32.5 Å². The number of hydrogen-bond donors (Lipinski definition) is 1. The lowest BCUT2D eigenvalue weighted by Gasteiger charge is -2.36. The number of benzene rings is 1. The number of anilines is 2. The molecule has 0 unspecified atom stereocenters. The minimum Gasteiger partial charge on any atom is -0.399 e. The summed E-state index contributed by atoms with van der Waals surface area (Å²) >= 11 is 0. The van der Waals surface area contributed by atoms with E-state index >= 15 is 0 Å². The van der Waals surface area contributed by atoms with Gasteiger partial charge in [0.2, 0.25) is 0 Å². The Morgan fingerprint density at radius 1 is 1.17 bits per heavy atom. The lowest BCUT2D eigenvalue weighted by Crippen LogP contribution is -2.47. The molecule has 3 heteroatoms. The quantitative estimate of drug-likeness (QED) is 0.828. The number of hydrogen-bond acceptors (Lipinski definition) is 3. The molecule has 0 atom stereocenters. The molecular weight excluding hydrogens is 222 g/mol. The molecule has 1 aliphatic heterocycles. The van der Waals surface area contributed by atoms with Crippen molar-refractivity contribution in [1.82, 2.24) is 4.90 Å². The van der Waals surface area contributed by atoms with Gasteiger partial charge in [-0.25, -0.2) is 0 Å². The maximum Gasteiger partial charge on any atom is 0.0371 e. The van der Waals surface area contributed by atoms with Crippen LogP contribution < -0.4 is 10.6 Å². The van der Waals surface area contributed by atoms with Crippen molar-refractivity contribution in [2.24, 2.45) is 5.92 Å². The van der Waals surface area contributed by atoms with E-state index < -0.39 is 0 Å². The molecule has 0 radical (unpaired) electrons. The molecule has 0 bridgehead atoms. The monoisotopic (exact) mass is 245 g/mol. The Morgan fingerprint density at radius 3 is 2.50 bits per heavy atom. The molecule has 0 amide bonds. The normalized spacial score (nSPS) is 21.3. The first-order valence-corrected chi connectivity index (χ1v) is 7.06. The third kappa shape index (κ3) is 2.61. The lowest BCUT2D eigenvalue weighted by atomic mass is 10.1. The molecule has 3 rings (SSSR count). The molecule has 18 heavy (non-hydrogen) atoms. The molecule has 1 aromatic rings. The van der Waals surface area contributed by atoms with Gasteiger partial charge in [0.15, 0.2) is 0 Å². The van der Waals surface area contributed by atoms with Gasteiger partial charge in [-0.05, 0) is 49.4 Å². The molecule has 98 valence electrons. The predicted molar refractivity (Wildman–Crippen MR) is 77.0 cm³/mol. The SMILES string of the molecule is Cc1cc(N2CCN(CC3CC3)CC2)ccc1N. The maximum atomic E-state index is 5.88. The summed E-state index contributed by atoms with van der Waals surface area (Å²) in [7, 11) is 0. The van der Waals surface area contributed by atoms with Crippen molar-refractivity contribution in [1.29, 1.82) is 0 Å². The summed E-state index contributed by atoms with van der Waals surface area (Å²) in [5.41, 5.74) is 9.28. The van der Waals surface area contributed by atoms with E-state index in [0.717, 1.165) is 24.7 Å². The highest BCUT2D eigenvalue weighted by molar-refractivity contribution is 5.58. The van der Waals surface area contributed by atoms with Crippen molar-refractivity contribution in [3.8, 4) is 0 Å². The first-order valence-electron chi connectivity index (χ1n) is 7.06. The summed E-state index contributed by atoms with van der Waals surface area (Å²) in [6, 6.07) is 6.39. The van der Waals surface area contributed by atoms with Gasteiger partial charge in [0.25, 0.3) is 0 Å². The Labute approximate surface area is 110 Å². The molecular formula is C15H23N3. The van der Waals surface area contributed by atoms with Crippen molar-refractivity contribution in [2.75, 3.05) is 43.4 Å². The fourth-order valence-corrected chi connectivity index (χ4v) is 2.71. The van der Waals surface area contributed by atoms with Crippen molar-refractivity contribution in [2.45, 2.75) is 19.8 Å². The third-order valence-corrected chi connectivity index (χ3v) is 4.20. The second kappa shape index (κ2) is 4.81. The van der Waals surface area contributed by atoms with Crippen LogP contribution in [-0.2, 0) is 0 Å². The molecule has 1 aromatic carbocycles. The van der Waals surface area contributed by atoms with Crippen LogP contribution in [0.4, 0.5) is 11.4 Å². The summed E-state index contributed by atoms with van der Waals surface area (Å²) in [4.78, 5) is 5.11. The second-order valence-electron chi connectivity index (χ2n) is 5.77. The van der Waals surface area contributed by atoms with Crippen molar-refractivity contribution < 1.29 is 0 Å². The Kier molecular flexibility index (Phi) is 3.16. The zero-order valence-corrected chi connectivity index (χ0v) is 11.2. The smallest absolute Gasteiger partial charge is 0.0371 e. The minimum absolute atomic E-state index is 0.895. The summed E-state index contributed by atoms with van der Waals surface area (Å²) in [6.07, 6.45) is 2.91. The zero-order valence-electron chi connectivity index (χ0n) is 11.2. The van der Waals surface area contributed by atoms with Gasteiger partial charge < -0.3 is 10.6 Å². The largest absolute Gasteiger partial charge is 0.399 e. The number of rotatable bonds is 3. The van der Waals surface area contributed by atoms with E-state index in [1.165, 1.54) is 43.7 Å². The van der Waals surface area contributed by atoms with Crippen LogP contribution in [0.15, 0.2) is 18.2 Å². The average molecular weight is 245 g/mol. The fraction of sp³-hybridized carbons (Fsp3) is 0.600. The van der Waals surface area contributed by atoms with Crippen LogP contribution in [0.5, 0.6) is 0 Å². The highest BCUT2D eigenvalue weighted by Crippen LogP contribution is 2.30. The number of nitrogens with zero attached hydrogens (tertiary/aromatic N) is 2. The van der Waals surface area contributed by atoms with Crippen LogP contribution in [0, 0.1) is 12.8 Å². The molecule has 2 aliphatic rings. The van der Waals surface area contributed by atoms with Gasteiger partial charge in [-0.15, -0.1) is 0 Å². The maximum absolute atomic E-state index is 5.88. The van der Waals surface area contributed by atoms with Gasteiger partial charge in [0.05, 0.1) is 0 Å². The van der Waals surface area contributed by atoms with Crippen molar-refractivity contribution >= 4 is 11.4 Å². The summed E-state index contributed by atoms with van der Waals surface area (Å²) in [6.45, 7) is 8.13. The Bertz CT molecular complexity index is 418. The summed E-state index contributed by atoms with van der Waals surface area (Å²) in [5.74, 6) is 1.01. The van der Waals surface area contributed by atoms with Crippen LogP contribution in [-0.4, -0.2) is 37.6 Å². The van der Waals surface area contributed by atoms with E-state index in [2.05, 4.69) is 28.9 Å². The van der Waals surface area contributed by atoms with Gasteiger partial charge in [-0.3, -0.25) is 4.90 Å². The summed E-state index contributed by atoms with van der Waals surface area (Å²) < 4.78 is 0. The average Bonchev–Trinajstić information content (AvgIpc) is 3.18. The molecule has 3 nitrogen and oxygen atoms in total. The third-order valence-electron chi connectivity index (χ3n) is 4.20. The van der Waals surface area contributed by atoms with Crippen LogP contribution >= 0.6 is 0 Å².